The molecule has 1 atom stereocenters. The minimum absolute atomic E-state index is 0.00274. The van der Waals surface area contributed by atoms with Crippen molar-refractivity contribution in [1.82, 2.24) is 24.9 Å². The molecule has 2 saturated heterocycles. The van der Waals surface area contributed by atoms with Gasteiger partial charge in [-0.05, 0) is 5.56 Å². The first-order valence-electron chi connectivity index (χ1n) is 7.74. The second-order valence-electron chi connectivity index (χ2n) is 6.21. The second-order valence-corrected chi connectivity index (χ2v) is 6.21. The van der Waals surface area contributed by atoms with Crippen molar-refractivity contribution in [2.24, 2.45) is 13.0 Å². The van der Waals surface area contributed by atoms with E-state index in [0.717, 1.165) is 5.56 Å². The van der Waals surface area contributed by atoms with Gasteiger partial charge in [0.05, 0.1) is 24.6 Å². The second kappa shape index (κ2) is 6.02. The first-order chi connectivity index (χ1) is 11.0. The van der Waals surface area contributed by atoms with Gasteiger partial charge >= 0.3 is 0 Å². The molecular weight excluding hydrogens is 298 g/mol. The summed E-state index contributed by atoms with van der Waals surface area (Å²) >= 11 is 0. The van der Waals surface area contributed by atoms with Crippen molar-refractivity contribution in [2.75, 3.05) is 26.7 Å². The van der Waals surface area contributed by atoms with Crippen LogP contribution in [0.15, 0.2) is 12.4 Å². The van der Waals surface area contributed by atoms with Crippen LogP contribution in [0.3, 0.4) is 0 Å². The summed E-state index contributed by atoms with van der Waals surface area (Å²) in [5.41, 5.74) is 0.887. The third-order valence-electron chi connectivity index (χ3n) is 4.55. The van der Waals surface area contributed by atoms with E-state index in [4.69, 9.17) is 0 Å². The van der Waals surface area contributed by atoms with E-state index in [0.29, 0.717) is 26.1 Å². The summed E-state index contributed by atoms with van der Waals surface area (Å²) < 4.78 is 1.67. The van der Waals surface area contributed by atoms with E-state index < -0.39 is 0 Å². The predicted molar refractivity (Wildman–Crippen MR) is 81.2 cm³/mol. The van der Waals surface area contributed by atoms with Gasteiger partial charge in [-0.25, -0.2) is 0 Å². The van der Waals surface area contributed by atoms with E-state index in [9.17, 15) is 14.4 Å². The molecule has 3 rings (SSSR count). The number of carbonyl (C=O) groups excluding carboxylic acids is 3. The maximum atomic E-state index is 12.2. The Morgan fingerprint density at radius 1 is 1.35 bits per heavy atom. The summed E-state index contributed by atoms with van der Waals surface area (Å²) in [6.45, 7) is 1.55. The Balaban J connectivity index is 1.50. The Labute approximate surface area is 134 Å². The van der Waals surface area contributed by atoms with Crippen LogP contribution in [0.25, 0.3) is 0 Å². The summed E-state index contributed by atoms with van der Waals surface area (Å²) in [4.78, 5) is 39.4. The fraction of sp³-hybridized carbons (Fsp3) is 0.600. The molecule has 8 heteroatoms. The number of aryl methyl sites for hydroxylation is 1. The standard InChI is InChI=1S/C15H21N5O3/c1-16-15(23)11-4-14(22)20(7-11)12-8-19(9-12)13(21)3-10-5-17-18(2)6-10/h5-6,11-12H,3-4,7-9H2,1-2H3,(H,16,23). The minimum Gasteiger partial charge on any atom is -0.359 e. The normalized spacial score (nSPS) is 21.5. The topological polar surface area (TPSA) is 87.5 Å². The number of aromatic nitrogens is 2. The van der Waals surface area contributed by atoms with Crippen molar-refractivity contribution < 1.29 is 14.4 Å². The van der Waals surface area contributed by atoms with Gasteiger partial charge in [0, 0.05) is 46.3 Å². The summed E-state index contributed by atoms with van der Waals surface area (Å²) in [6, 6.07) is 0.0370. The Morgan fingerprint density at radius 2 is 2.09 bits per heavy atom. The molecule has 23 heavy (non-hydrogen) atoms. The molecule has 0 aliphatic carbocycles. The van der Waals surface area contributed by atoms with Gasteiger partial charge in [0.2, 0.25) is 17.7 Å². The summed E-state index contributed by atoms with van der Waals surface area (Å²) in [7, 11) is 3.40. The molecule has 0 aromatic carbocycles. The number of rotatable bonds is 4. The fourth-order valence-electron chi connectivity index (χ4n) is 3.17. The number of carbonyl (C=O) groups is 3. The highest BCUT2D eigenvalue weighted by atomic mass is 16.2. The largest absolute Gasteiger partial charge is 0.359 e. The highest BCUT2D eigenvalue weighted by Crippen LogP contribution is 2.25. The average molecular weight is 319 g/mol. The predicted octanol–water partition coefficient (Wildman–Crippen LogP) is -1.23. The smallest absolute Gasteiger partial charge is 0.227 e. The van der Waals surface area contributed by atoms with Crippen molar-refractivity contribution in [3.05, 3.63) is 18.0 Å². The third kappa shape index (κ3) is 3.06. The lowest BCUT2D eigenvalue weighted by Gasteiger charge is -2.44. The molecule has 3 heterocycles. The van der Waals surface area contributed by atoms with Crippen LogP contribution in [-0.2, 0) is 27.9 Å². The summed E-state index contributed by atoms with van der Waals surface area (Å²) in [6.07, 6.45) is 4.11. The maximum absolute atomic E-state index is 12.2. The average Bonchev–Trinajstić information content (AvgIpc) is 3.03. The summed E-state index contributed by atoms with van der Waals surface area (Å²) in [5, 5.41) is 6.64. The molecule has 8 nitrogen and oxygen atoms in total. The van der Waals surface area contributed by atoms with Crippen molar-refractivity contribution in [1.29, 1.82) is 0 Å². The molecule has 3 amide bonds. The lowest BCUT2D eigenvalue weighted by molar-refractivity contribution is -0.143. The Hall–Kier alpha value is -2.38. The van der Waals surface area contributed by atoms with E-state index in [1.54, 1.807) is 27.7 Å². The number of nitrogens with zero attached hydrogens (tertiary/aromatic N) is 4. The Bertz CT molecular complexity index is 635. The number of amides is 3. The summed E-state index contributed by atoms with van der Waals surface area (Å²) in [5.74, 6) is -0.316. The van der Waals surface area contributed by atoms with E-state index in [1.807, 2.05) is 13.2 Å². The van der Waals surface area contributed by atoms with Crippen LogP contribution in [0, 0.1) is 5.92 Å². The van der Waals surface area contributed by atoms with Crippen molar-refractivity contribution in [2.45, 2.75) is 18.9 Å². The van der Waals surface area contributed by atoms with E-state index >= 15 is 0 Å². The number of nitrogens with one attached hydrogen (secondary N) is 1. The zero-order valence-electron chi connectivity index (χ0n) is 13.4. The van der Waals surface area contributed by atoms with Crippen LogP contribution in [0.1, 0.15) is 12.0 Å². The van der Waals surface area contributed by atoms with Gasteiger partial charge in [0.15, 0.2) is 0 Å². The Morgan fingerprint density at radius 3 is 2.70 bits per heavy atom. The Kier molecular flexibility index (Phi) is 4.06. The van der Waals surface area contributed by atoms with E-state index in [2.05, 4.69) is 10.4 Å². The minimum atomic E-state index is -0.271. The number of likely N-dealkylation sites (tertiary alicyclic amines) is 2. The molecule has 0 saturated carbocycles. The van der Waals surface area contributed by atoms with Gasteiger partial charge < -0.3 is 15.1 Å². The van der Waals surface area contributed by atoms with Crippen LogP contribution >= 0.6 is 0 Å². The number of hydrogen-bond donors (Lipinski definition) is 1. The molecule has 2 fully saturated rings. The van der Waals surface area contributed by atoms with Crippen LogP contribution in [0.5, 0.6) is 0 Å². The molecule has 0 spiro atoms. The van der Waals surface area contributed by atoms with Gasteiger partial charge in [-0.3, -0.25) is 19.1 Å². The van der Waals surface area contributed by atoms with Crippen molar-refractivity contribution in [3.63, 3.8) is 0 Å². The zero-order valence-corrected chi connectivity index (χ0v) is 13.4. The maximum Gasteiger partial charge on any atom is 0.227 e. The number of hydrogen-bond acceptors (Lipinski definition) is 4. The van der Waals surface area contributed by atoms with Crippen molar-refractivity contribution in [3.8, 4) is 0 Å². The van der Waals surface area contributed by atoms with Gasteiger partial charge in [-0.15, -0.1) is 0 Å². The van der Waals surface area contributed by atoms with Crippen LogP contribution < -0.4 is 5.32 Å². The van der Waals surface area contributed by atoms with Gasteiger partial charge in [-0.2, -0.15) is 5.10 Å². The first-order valence-corrected chi connectivity index (χ1v) is 7.74. The molecule has 0 radical (unpaired) electrons. The molecule has 1 aromatic heterocycles. The molecule has 1 unspecified atom stereocenters. The molecule has 1 N–H and O–H groups in total. The molecule has 1 aromatic rings. The monoisotopic (exact) mass is 319 g/mol. The van der Waals surface area contributed by atoms with Gasteiger partial charge in [0.25, 0.3) is 0 Å². The lowest BCUT2D eigenvalue weighted by atomic mass is 10.1. The third-order valence-corrected chi connectivity index (χ3v) is 4.55. The zero-order chi connectivity index (χ0) is 16.6. The van der Waals surface area contributed by atoms with Crippen LogP contribution in [0.2, 0.25) is 0 Å². The highest BCUT2D eigenvalue weighted by Gasteiger charge is 2.43. The molecule has 2 aliphatic heterocycles. The van der Waals surface area contributed by atoms with Crippen molar-refractivity contribution >= 4 is 17.7 Å². The molecule has 0 bridgehead atoms. The molecular formula is C15H21N5O3. The first kappa shape index (κ1) is 15.5. The van der Waals surface area contributed by atoms with Gasteiger partial charge in [0.1, 0.15) is 0 Å². The lowest BCUT2D eigenvalue weighted by Crippen LogP contribution is -2.61. The van der Waals surface area contributed by atoms with E-state index in [1.165, 1.54) is 0 Å². The quantitative estimate of drug-likeness (QED) is 0.753. The molecule has 124 valence electrons. The fourth-order valence-corrected chi connectivity index (χ4v) is 3.17. The van der Waals surface area contributed by atoms with Crippen LogP contribution in [0.4, 0.5) is 0 Å². The van der Waals surface area contributed by atoms with Crippen LogP contribution in [-0.4, -0.2) is 70.0 Å². The SMILES string of the molecule is CNC(=O)C1CC(=O)N(C2CN(C(=O)Cc3cnn(C)c3)C2)C1. The molecule has 2 aliphatic rings. The van der Waals surface area contributed by atoms with Gasteiger partial charge in [-0.1, -0.05) is 0 Å². The highest BCUT2D eigenvalue weighted by molar-refractivity contribution is 5.89. The van der Waals surface area contributed by atoms with E-state index in [-0.39, 0.29) is 36.1 Å².